The van der Waals surface area contributed by atoms with Gasteiger partial charge in [-0.25, -0.2) is 0 Å². The number of amides is 1. The van der Waals surface area contributed by atoms with Crippen molar-refractivity contribution < 1.29 is 18.0 Å². The predicted molar refractivity (Wildman–Crippen MR) is 373 cm³/mol. The summed E-state index contributed by atoms with van der Waals surface area (Å²) in [5.74, 6) is 2.42. The third-order valence-corrected chi connectivity index (χ3v) is 23.1. The molecule has 5 unspecified atom stereocenters. The van der Waals surface area contributed by atoms with Crippen LogP contribution in [0.2, 0.25) is 5.02 Å². The van der Waals surface area contributed by atoms with Crippen LogP contribution in [0.5, 0.6) is 0 Å². The molecule has 514 valence electrons. The third-order valence-electron chi connectivity index (χ3n) is 22.7. The number of alkyl halides is 3. The van der Waals surface area contributed by atoms with Gasteiger partial charge in [-0.05, 0) is 165 Å². The summed E-state index contributed by atoms with van der Waals surface area (Å²) in [6.45, 7) is 28.5. The first-order valence-electron chi connectivity index (χ1n) is 36.6. The molecule has 4 aliphatic heterocycles. The lowest BCUT2D eigenvalue weighted by Gasteiger charge is -2.60. The SMILES string of the molecule is CC[C@H](C)[C@H]1CN[C@@H](C2CCCCC2)C(C)NCC2[C@@H](C(=O)N3CCCCC3)C(C)N2[C@@H](C(C)C)C(C)NC2(CCCC2)CNCCNC=CC(CCc2ccc(C(F)(F)F)c(Cl)c2)=NC=CN(C)C=C(CC2CCCCC2)N(C)C=C2CCCN2[C@@H](C)C(C)N1. The fraction of sp³-hybridized carbons (Fsp3) is 0.784. The average molecular weight is 1290 g/mol. The predicted octanol–water partition coefficient (Wildman–Crippen LogP) is 13.8. The molecule has 8 rings (SSSR count). The molecule has 6 N–H and O–H groups in total. The average Bonchev–Trinajstić information content (AvgIpc) is 0.965. The van der Waals surface area contributed by atoms with Crippen LogP contribution in [0.15, 0.2) is 71.7 Å². The van der Waals surface area contributed by atoms with E-state index < -0.39 is 11.7 Å². The molecule has 13 nitrogen and oxygen atoms in total. The van der Waals surface area contributed by atoms with Gasteiger partial charge < -0.3 is 51.5 Å². The summed E-state index contributed by atoms with van der Waals surface area (Å²) in [4.78, 5) is 32.1. The fourth-order valence-electron chi connectivity index (χ4n) is 17.1. The number of allylic oxidation sites excluding steroid dienone is 3. The van der Waals surface area contributed by atoms with E-state index in [9.17, 15) is 18.0 Å². The molecule has 1 spiro atoms. The van der Waals surface area contributed by atoms with Crippen molar-refractivity contribution in [3.63, 3.8) is 0 Å². The van der Waals surface area contributed by atoms with Gasteiger partial charge in [-0.3, -0.25) is 14.7 Å². The van der Waals surface area contributed by atoms with Crippen LogP contribution < -0.4 is 31.9 Å². The Morgan fingerprint density at radius 3 is 2.18 bits per heavy atom. The second-order valence-corrected chi connectivity index (χ2v) is 30.2. The largest absolute Gasteiger partial charge is 0.417 e. The van der Waals surface area contributed by atoms with Gasteiger partial charge in [0.05, 0.1) is 16.5 Å². The number of rotatable bonds is 10. The summed E-state index contributed by atoms with van der Waals surface area (Å²) in [7, 11) is 4.32. The minimum atomic E-state index is -4.51. The smallest absolute Gasteiger partial charge is 0.390 e. The molecule has 3 saturated carbocycles. The van der Waals surface area contributed by atoms with Crippen LogP contribution in [0.3, 0.4) is 0 Å². The molecule has 1 aromatic carbocycles. The lowest BCUT2D eigenvalue weighted by atomic mass is 9.74. The summed E-state index contributed by atoms with van der Waals surface area (Å²) in [6.07, 6.45) is 34.1. The molecule has 6 fully saturated rings. The maximum atomic E-state index is 14.9. The maximum Gasteiger partial charge on any atom is 0.417 e. The standard InChI is InChI=1S/C74H124ClF3N12O/c1-12-53(4)67-47-83-70(61-27-18-14-19-28-61)55(6)82-48-68-69(72(91)88-41-22-15-23-42-88)58(9)90(68)71(52(2)3)56(7)85-73(35-20-21-36-73)51-80-39-38-79-37-34-62(32-30-60-31-33-65(66(75)46-60)74(76,77)78)81-40-44-86(10)49-64(45-59-25-16-13-17-26-59)87(11)50-63-29-24-43-89(63)57(8)54(5)84-67/h31,33-34,37,40,44,46,49-50,52-59,61,67-71,79-80,82-85H,12-30,32,35-36,38-39,41-43,45,47-48,51H2,1-11H3/t53-,54?,55?,56?,57-,58?,67+,68?,69-,70+,71-/m0/s1. The minimum absolute atomic E-state index is 0.0367. The number of aliphatic imine (C=N–C) groups is 1. The van der Waals surface area contributed by atoms with Crippen LogP contribution in [-0.2, 0) is 17.4 Å². The number of benzene rings is 1. The number of hydrogen-bond acceptors (Lipinski definition) is 12. The van der Waals surface area contributed by atoms with Crippen LogP contribution in [0.25, 0.3) is 0 Å². The quantitative estimate of drug-likeness (QED) is 0.134. The number of nitrogens with zero attached hydrogens (tertiary/aromatic N) is 6. The van der Waals surface area contributed by atoms with Crippen molar-refractivity contribution in [3.8, 4) is 0 Å². The number of piperidine rings is 1. The molecule has 0 aromatic heterocycles. The van der Waals surface area contributed by atoms with E-state index in [4.69, 9.17) is 16.6 Å². The Kier molecular flexibility index (Phi) is 28.5. The highest BCUT2D eigenvalue weighted by Gasteiger charge is 2.55. The number of halogens is 4. The van der Waals surface area contributed by atoms with Crippen LogP contribution in [0.4, 0.5) is 13.2 Å². The van der Waals surface area contributed by atoms with Gasteiger partial charge in [-0.1, -0.05) is 116 Å². The number of hydrogen-bond donors (Lipinski definition) is 6. The fourth-order valence-corrected chi connectivity index (χ4v) is 17.4. The van der Waals surface area contributed by atoms with Crippen LogP contribution in [0.1, 0.15) is 215 Å². The molecule has 1 amide bonds. The van der Waals surface area contributed by atoms with Gasteiger partial charge in [0.2, 0.25) is 5.91 Å². The van der Waals surface area contributed by atoms with Crippen molar-refractivity contribution in [2.24, 2.45) is 34.6 Å². The zero-order valence-corrected chi connectivity index (χ0v) is 59.1. The molecular weight excluding hydrogens is 1170 g/mol. The molecule has 0 radical (unpaired) electrons. The van der Waals surface area contributed by atoms with Gasteiger partial charge in [-0.15, -0.1) is 0 Å². The first-order valence-corrected chi connectivity index (χ1v) is 36.9. The van der Waals surface area contributed by atoms with Crippen molar-refractivity contribution in [1.82, 2.24) is 56.4 Å². The highest BCUT2D eigenvalue weighted by Crippen LogP contribution is 2.42. The van der Waals surface area contributed by atoms with Crippen LogP contribution in [0, 0.1) is 29.6 Å². The molecule has 91 heavy (non-hydrogen) atoms. The molecule has 0 bridgehead atoms. The van der Waals surface area contributed by atoms with Crippen LogP contribution in [-0.4, -0.2) is 162 Å². The Morgan fingerprint density at radius 2 is 1.49 bits per heavy atom. The van der Waals surface area contributed by atoms with Crippen molar-refractivity contribution in [2.45, 2.75) is 276 Å². The van der Waals surface area contributed by atoms with Gasteiger partial charge >= 0.3 is 6.18 Å². The van der Waals surface area contributed by atoms with Gasteiger partial charge in [0.25, 0.3) is 0 Å². The van der Waals surface area contributed by atoms with Crippen molar-refractivity contribution in [2.75, 3.05) is 66.5 Å². The number of likely N-dealkylation sites (tertiary alicyclic amines) is 1. The molecule has 11 atom stereocenters. The molecule has 4 heterocycles. The van der Waals surface area contributed by atoms with E-state index in [0.717, 1.165) is 115 Å². The topological polar surface area (TPSA) is 118 Å². The summed E-state index contributed by atoms with van der Waals surface area (Å²) < 4.78 is 41.1. The second kappa shape index (κ2) is 35.4. The van der Waals surface area contributed by atoms with E-state index in [1.165, 1.54) is 107 Å². The van der Waals surface area contributed by atoms with E-state index in [-0.39, 0.29) is 58.8 Å². The Morgan fingerprint density at radius 1 is 0.791 bits per heavy atom. The number of nitrogens with one attached hydrogen (secondary N) is 6. The van der Waals surface area contributed by atoms with E-state index in [2.05, 4.69) is 145 Å². The van der Waals surface area contributed by atoms with Gasteiger partial charge in [0, 0.05) is 168 Å². The zero-order chi connectivity index (χ0) is 65.2. The van der Waals surface area contributed by atoms with Gasteiger partial charge in [0.15, 0.2) is 0 Å². The normalized spacial score (nSPS) is 30.8. The highest BCUT2D eigenvalue weighted by molar-refractivity contribution is 6.31. The van der Waals surface area contributed by atoms with Crippen molar-refractivity contribution in [3.05, 3.63) is 82.8 Å². The van der Waals surface area contributed by atoms with Gasteiger partial charge in [0.1, 0.15) is 0 Å². The Balaban J connectivity index is 1.09. The second-order valence-electron chi connectivity index (χ2n) is 29.8. The summed E-state index contributed by atoms with van der Waals surface area (Å²) in [5.41, 5.74) is 3.34. The van der Waals surface area contributed by atoms with E-state index in [1.807, 2.05) is 24.7 Å². The number of fused-ring (bicyclic) bond motifs is 2. The van der Waals surface area contributed by atoms with Crippen molar-refractivity contribution >= 4 is 23.2 Å². The first kappa shape index (κ1) is 73.2. The molecule has 1 aromatic rings. The van der Waals surface area contributed by atoms with Crippen LogP contribution >= 0.6 is 11.6 Å². The lowest BCUT2D eigenvalue weighted by molar-refractivity contribution is -0.162. The van der Waals surface area contributed by atoms with E-state index in [0.29, 0.717) is 61.0 Å². The molecule has 17 heteroatoms. The number of carbonyl (C=O) groups is 1. The summed E-state index contributed by atoms with van der Waals surface area (Å²) >= 11 is 6.21. The maximum absolute atomic E-state index is 14.9. The number of aryl methyl sites for hydroxylation is 1. The Hall–Kier alpha value is -3.64. The highest BCUT2D eigenvalue weighted by atomic mass is 35.5. The Bertz CT molecular complexity index is 2530. The monoisotopic (exact) mass is 1290 g/mol. The lowest BCUT2D eigenvalue weighted by Crippen LogP contribution is -2.76. The Labute approximate surface area is 554 Å². The first-order chi connectivity index (χ1) is 43.7. The molecule has 7 aliphatic rings. The van der Waals surface area contributed by atoms with Gasteiger partial charge in [-0.2, -0.15) is 13.2 Å². The van der Waals surface area contributed by atoms with Crippen molar-refractivity contribution in [1.29, 1.82) is 0 Å². The molecule has 3 saturated heterocycles. The summed E-state index contributed by atoms with van der Waals surface area (Å²) in [6, 6.07) is 6.11. The minimum Gasteiger partial charge on any atom is -0.390 e. The number of carbonyl (C=O) groups excluding carboxylic acids is 1. The molecule has 3 aliphatic carbocycles. The molecular formula is C74H124ClF3N12O. The van der Waals surface area contributed by atoms with E-state index >= 15 is 0 Å². The van der Waals surface area contributed by atoms with E-state index in [1.54, 1.807) is 0 Å². The zero-order valence-electron chi connectivity index (χ0n) is 58.3. The third kappa shape index (κ3) is 20.4. The summed E-state index contributed by atoms with van der Waals surface area (Å²) in [5, 5.41) is 24.3.